The lowest BCUT2D eigenvalue weighted by Gasteiger charge is -2.04. The topological polar surface area (TPSA) is 35.2 Å². The predicted octanol–water partition coefficient (Wildman–Crippen LogP) is 2.42. The van der Waals surface area contributed by atoms with Crippen LogP contribution in [0.2, 0.25) is 0 Å². The Kier molecular flexibility index (Phi) is 5.50. The van der Waals surface area contributed by atoms with Gasteiger partial charge in [-0.1, -0.05) is 6.07 Å². The van der Waals surface area contributed by atoms with Gasteiger partial charge in [0.15, 0.2) is 11.6 Å². The van der Waals surface area contributed by atoms with Crippen molar-refractivity contribution in [1.29, 1.82) is 0 Å². The van der Waals surface area contributed by atoms with Crippen LogP contribution in [0.1, 0.15) is 12.0 Å². The number of nitrogens with two attached hydrogens (primary N) is 1. The molecule has 0 saturated carbocycles. The molecule has 0 fully saturated rings. The number of hydrogen-bond acceptors (Lipinski definition) is 3. The Labute approximate surface area is 94.0 Å². The molecule has 0 spiro atoms. The Balaban J connectivity index is 2.45. The summed E-state index contributed by atoms with van der Waals surface area (Å²) in [6.45, 7) is 0.712. The summed E-state index contributed by atoms with van der Waals surface area (Å²) in [6.07, 6.45) is 1.00. The molecule has 0 bridgehead atoms. The summed E-state index contributed by atoms with van der Waals surface area (Å²) in [4.78, 5) is 0. The second-order valence-electron chi connectivity index (χ2n) is 3.16. The third-order valence-electron chi connectivity index (χ3n) is 1.98. The normalized spacial score (nSPS) is 10.3. The van der Waals surface area contributed by atoms with Gasteiger partial charge in [0.1, 0.15) is 0 Å². The maximum absolute atomic E-state index is 13.3. The van der Waals surface area contributed by atoms with Crippen molar-refractivity contribution in [3.8, 4) is 5.75 Å². The molecular formula is C11H16FNOS. The molecule has 0 heterocycles. The zero-order valence-corrected chi connectivity index (χ0v) is 9.65. The first kappa shape index (κ1) is 12.3. The van der Waals surface area contributed by atoms with Crippen LogP contribution in [0.5, 0.6) is 5.75 Å². The van der Waals surface area contributed by atoms with Crippen molar-refractivity contribution >= 4 is 11.8 Å². The molecule has 2 N–H and O–H groups in total. The molecule has 0 amide bonds. The van der Waals surface area contributed by atoms with E-state index in [-0.39, 0.29) is 5.82 Å². The second-order valence-corrected chi connectivity index (χ2v) is 4.27. The highest BCUT2D eigenvalue weighted by Crippen LogP contribution is 2.20. The fraction of sp³-hybridized carbons (Fsp3) is 0.455. The first-order chi connectivity index (χ1) is 7.27. The lowest BCUT2D eigenvalue weighted by atomic mass is 10.2. The SMILES string of the molecule is COc1ccc(CSCCCN)cc1F. The molecule has 0 radical (unpaired) electrons. The first-order valence-electron chi connectivity index (χ1n) is 4.88. The minimum Gasteiger partial charge on any atom is -0.494 e. The number of ether oxygens (including phenoxy) is 1. The molecular weight excluding hydrogens is 213 g/mol. The van der Waals surface area contributed by atoms with Crippen molar-refractivity contribution in [3.05, 3.63) is 29.6 Å². The van der Waals surface area contributed by atoms with Crippen LogP contribution >= 0.6 is 11.8 Å². The molecule has 0 atom stereocenters. The summed E-state index contributed by atoms with van der Waals surface area (Å²) in [5.41, 5.74) is 6.36. The third kappa shape index (κ3) is 4.10. The average Bonchev–Trinajstić information content (AvgIpc) is 2.25. The third-order valence-corrected chi connectivity index (χ3v) is 3.09. The number of hydrogen-bond donors (Lipinski definition) is 1. The molecule has 0 aromatic heterocycles. The van der Waals surface area contributed by atoms with E-state index in [0.717, 1.165) is 23.5 Å². The molecule has 0 aliphatic heterocycles. The molecule has 2 nitrogen and oxygen atoms in total. The molecule has 0 saturated heterocycles. The van der Waals surface area contributed by atoms with Gasteiger partial charge in [-0.15, -0.1) is 0 Å². The highest BCUT2D eigenvalue weighted by molar-refractivity contribution is 7.98. The summed E-state index contributed by atoms with van der Waals surface area (Å²) in [5.74, 6) is 1.84. The van der Waals surface area contributed by atoms with Crippen LogP contribution in [0.4, 0.5) is 4.39 Å². The molecule has 1 aromatic rings. The van der Waals surface area contributed by atoms with Crippen molar-refractivity contribution in [1.82, 2.24) is 0 Å². The molecule has 84 valence electrons. The molecule has 4 heteroatoms. The van der Waals surface area contributed by atoms with Gasteiger partial charge in [0.05, 0.1) is 7.11 Å². The Morgan fingerprint density at radius 2 is 2.27 bits per heavy atom. The minimum atomic E-state index is -0.297. The van der Waals surface area contributed by atoms with E-state index < -0.39 is 0 Å². The summed E-state index contributed by atoms with van der Waals surface area (Å²) >= 11 is 1.77. The maximum Gasteiger partial charge on any atom is 0.165 e. The van der Waals surface area contributed by atoms with Crippen molar-refractivity contribution < 1.29 is 9.13 Å². The van der Waals surface area contributed by atoms with Gasteiger partial charge < -0.3 is 10.5 Å². The van der Waals surface area contributed by atoms with Gasteiger partial charge in [0.2, 0.25) is 0 Å². The summed E-state index contributed by atoms with van der Waals surface area (Å²) in [6, 6.07) is 5.07. The van der Waals surface area contributed by atoms with E-state index in [1.807, 2.05) is 6.07 Å². The summed E-state index contributed by atoms with van der Waals surface area (Å²) < 4.78 is 18.1. The smallest absolute Gasteiger partial charge is 0.165 e. The summed E-state index contributed by atoms with van der Waals surface area (Å²) in [7, 11) is 1.47. The quantitative estimate of drug-likeness (QED) is 0.761. The number of halogens is 1. The predicted molar refractivity (Wildman–Crippen MR) is 62.8 cm³/mol. The van der Waals surface area contributed by atoms with Crippen LogP contribution in [-0.2, 0) is 5.75 Å². The van der Waals surface area contributed by atoms with Gasteiger partial charge in [0.25, 0.3) is 0 Å². The molecule has 1 aromatic carbocycles. The highest BCUT2D eigenvalue weighted by atomic mass is 32.2. The number of rotatable bonds is 6. The van der Waals surface area contributed by atoms with Crippen LogP contribution in [0.3, 0.4) is 0 Å². The van der Waals surface area contributed by atoms with Crippen LogP contribution in [-0.4, -0.2) is 19.4 Å². The standard InChI is InChI=1S/C11H16FNOS/c1-14-11-4-3-9(7-10(11)12)8-15-6-2-5-13/h3-4,7H,2,5-6,8,13H2,1H3. The van der Waals surface area contributed by atoms with Crippen molar-refractivity contribution in [2.45, 2.75) is 12.2 Å². The maximum atomic E-state index is 13.3. The Hall–Kier alpha value is -0.740. The van der Waals surface area contributed by atoms with Crippen molar-refractivity contribution in [2.24, 2.45) is 5.73 Å². The Morgan fingerprint density at radius 1 is 1.47 bits per heavy atom. The number of thioether (sulfide) groups is 1. The fourth-order valence-electron chi connectivity index (χ4n) is 1.18. The van der Waals surface area contributed by atoms with Crippen molar-refractivity contribution in [2.75, 3.05) is 19.4 Å². The highest BCUT2D eigenvalue weighted by Gasteiger charge is 2.02. The van der Waals surface area contributed by atoms with Crippen molar-refractivity contribution in [3.63, 3.8) is 0 Å². The van der Waals surface area contributed by atoms with Gasteiger partial charge >= 0.3 is 0 Å². The molecule has 0 unspecified atom stereocenters. The van der Waals surface area contributed by atoms with E-state index in [2.05, 4.69) is 0 Å². The van der Waals surface area contributed by atoms with Gasteiger partial charge in [-0.2, -0.15) is 11.8 Å². The average molecular weight is 229 g/mol. The molecule has 15 heavy (non-hydrogen) atoms. The van der Waals surface area contributed by atoms with Gasteiger partial charge in [0, 0.05) is 5.75 Å². The number of methoxy groups -OCH3 is 1. The molecule has 0 aliphatic rings. The van der Waals surface area contributed by atoms with E-state index in [0.29, 0.717) is 12.3 Å². The van der Waals surface area contributed by atoms with Crippen LogP contribution in [0.15, 0.2) is 18.2 Å². The lowest BCUT2D eigenvalue weighted by molar-refractivity contribution is 0.386. The van der Waals surface area contributed by atoms with E-state index in [1.165, 1.54) is 13.2 Å². The first-order valence-corrected chi connectivity index (χ1v) is 6.03. The largest absolute Gasteiger partial charge is 0.494 e. The van der Waals surface area contributed by atoms with Crippen LogP contribution < -0.4 is 10.5 Å². The van der Waals surface area contributed by atoms with Crippen LogP contribution in [0, 0.1) is 5.82 Å². The van der Waals surface area contributed by atoms with Gasteiger partial charge in [-0.05, 0) is 36.4 Å². The van der Waals surface area contributed by atoms with Gasteiger partial charge in [-0.25, -0.2) is 4.39 Å². The fourth-order valence-corrected chi connectivity index (χ4v) is 2.11. The second kappa shape index (κ2) is 6.69. The van der Waals surface area contributed by atoms with Gasteiger partial charge in [-0.3, -0.25) is 0 Å². The van der Waals surface area contributed by atoms with E-state index in [9.17, 15) is 4.39 Å². The van der Waals surface area contributed by atoms with Crippen LogP contribution in [0.25, 0.3) is 0 Å². The van der Waals surface area contributed by atoms with E-state index >= 15 is 0 Å². The lowest BCUT2D eigenvalue weighted by Crippen LogP contribution is -1.99. The zero-order chi connectivity index (χ0) is 11.1. The summed E-state index contributed by atoms with van der Waals surface area (Å²) in [5, 5.41) is 0. The molecule has 1 rings (SSSR count). The van der Waals surface area contributed by atoms with E-state index in [1.54, 1.807) is 17.8 Å². The Bertz CT molecular complexity index is 307. The monoisotopic (exact) mass is 229 g/mol. The molecule has 0 aliphatic carbocycles. The zero-order valence-electron chi connectivity index (χ0n) is 8.83. The van der Waals surface area contributed by atoms with E-state index in [4.69, 9.17) is 10.5 Å². The minimum absolute atomic E-state index is 0.297. The Morgan fingerprint density at radius 3 is 2.87 bits per heavy atom. The number of benzene rings is 1.